The predicted octanol–water partition coefficient (Wildman–Crippen LogP) is 4.38. The van der Waals surface area contributed by atoms with Crippen LogP contribution in [0, 0.1) is 0 Å². The molecule has 5 nitrogen and oxygen atoms in total. The Balaban J connectivity index is 2.34. The lowest BCUT2D eigenvalue weighted by Crippen LogP contribution is -2.49. The van der Waals surface area contributed by atoms with Gasteiger partial charge < -0.3 is 10.4 Å². The fourth-order valence-corrected chi connectivity index (χ4v) is 3.64. The summed E-state index contributed by atoms with van der Waals surface area (Å²) in [6.07, 6.45) is -8.43. The Morgan fingerprint density at radius 3 is 2.39 bits per heavy atom. The van der Waals surface area contributed by atoms with Crippen LogP contribution in [0.25, 0.3) is 10.9 Å². The molecule has 11 heteroatoms. The van der Waals surface area contributed by atoms with E-state index in [0.717, 1.165) is 12.3 Å². The Kier molecular flexibility index (Phi) is 5.78. The molecule has 1 aliphatic rings. The molecule has 1 aliphatic heterocycles. The number of pyridine rings is 1. The number of benzene rings is 1. The van der Waals surface area contributed by atoms with Crippen LogP contribution in [0.15, 0.2) is 36.2 Å². The zero-order valence-corrected chi connectivity index (χ0v) is 16.5. The van der Waals surface area contributed by atoms with E-state index in [-0.39, 0.29) is 23.1 Å². The molecule has 0 saturated carbocycles. The van der Waals surface area contributed by atoms with E-state index in [1.165, 1.54) is 12.3 Å². The van der Waals surface area contributed by atoms with Gasteiger partial charge in [0.15, 0.2) is 0 Å². The summed E-state index contributed by atoms with van der Waals surface area (Å²) in [5, 5.41) is 13.3. The van der Waals surface area contributed by atoms with Crippen LogP contribution in [0.2, 0.25) is 0 Å². The molecule has 0 fully saturated rings. The Bertz CT molecular complexity index is 1040. The van der Waals surface area contributed by atoms with Crippen LogP contribution in [0.5, 0.6) is 0 Å². The fourth-order valence-electron chi connectivity index (χ4n) is 3.64. The van der Waals surface area contributed by atoms with Crippen LogP contribution in [0.4, 0.5) is 32.0 Å². The molecule has 0 bridgehead atoms. The third kappa shape index (κ3) is 3.76. The van der Waals surface area contributed by atoms with E-state index in [2.05, 4.69) is 10.3 Å². The maximum Gasteiger partial charge on any atom is 0.454 e. The van der Waals surface area contributed by atoms with Crippen molar-refractivity contribution >= 4 is 22.4 Å². The minimum atomic E-state index is -5.32. The van der Waals surface area contributed by atoms with Crippen molar-refractivity contribution in [3.05, 3.63) is 47.3 Å². The lowest BCUT2D eigenvalue weighted by Gasteiger charge is -2.39. The number of alkyl halides is 6. The highest BCUT2D eigenvalue weighted by Crippen LogP contribution is 2.51. The molecule has 168 valence electrons. The molecular weight excluding hydrogens is 428 g/mol. The molecule has 2 aromatic rings. The van der Waals surface area contributed by atoms with Gasteiger partial charge in [-0.1, -0.05) is 19.9 Å². The van der Waals surface area contributed by atoms with Gasteiger partial charge in [0.05, 0.1) is 11.2 Å². The molecule has 0 saturated heterocycles. The van der Waals surface area contributed by atoms with E-state index in [4.69, 9.17) is 0 Å². The van der Waals surface area contributed by atoms with Gasteiger partial charge in [-0.15, -0.1) is 0 Å². The first-order chi connectivity index (χ1) is 14.4. The van der Waals surface area contributed by atoms with Crippen LogP contribution in [-0.2, 0) is 5.60 Å². The highest BCUT2D eigenvalue weighted by atomic mass is 19.4. The summed E-state index contributed by atoms with van der Waals surface area (Å²) >= 11 is 0. The Morgan fingerprint density at radius 1 is 1.19 bits per heavy atom. The van der Waals surface area contributed by atoms with E-state index in [1.807, 2.05) is 0 Å². The number of rotatable bonds is 5. The van der Waals surface area contributed by atoms with Gasteiger partial charge >= 0.3 is 12.4 Å². The van der Waals surface area contributed by atoms with Gasteiger partial charge in [0.25, 0.3) is 5.78 Å². The van der Waals surface area contributed by atoms with E-state index >= 15 is 0 Å². The lowest BCUT2D eigenvalue weighted by atomic mass is 9.80. The summed E-state index contributed by atoms with van der Waals surface area (Å²) in [4.78, 5) is 17.5. The average molecular weight is 447 g/mol. The molecule has 1 unspecified atom stereocenters. The largest absolute Gasteiger partial charge is 0.454 e. The molecule has 0 amide bonds. The number of hydrogen-bond donors (Lipinski definition) is 2. The van der Waals surface area contributed by atoms with Crippen molar-refractivity contribution in [3.63, 3.8) is 0 Å². The van der Waals surface area contributed by atoms with Crippen molar-refractivity contribution in [2.45, 2.75) is 31.8 Å². The summed E-state index contributed by atoms with van der Waals surface area (Å²) in [7, 11) is 0. The number of nitrogens with one attached hydrogen (secondary N) is 1. The third-order valence-electron chi connectivity index (χ3n) is 5.34. The molecule has 0 radical (unpaired) electrons. The standard InChI is InChI=1S/C20H19F6N3O2/c1-3-29(4-2)10-11-9-28-16-14(18(11,31)20(24,25)26)8-13(17(30)19(21,22)23)12-6-5-7-27-15(12)16/h5-9,28,31H,3-4,10H2,1-2H3. The molecule has 1 atom stereocenters. The number of carbonyl (C=O) groups excluding carboxylic acids is 1. The van der Waals surface area contributed by atoms with Crippen LogP contribution in [0.3, 0.4) is 0 Å². The van der Waals surface area contributed by atoms with Gasteiger partial charge in [0.2, 0.25) is 5.60 Å². The van der Waals surface area contributed by atoms with Crippen molar-refractivity contribution in [2.75, 3.05) is 25.0 Å². The maximum absolute atomic E-state index is 14.2. The Hall–Kier alpha value is -2.66. The van der Waals surface area contributed by atoms with Crippen LogP contribution >= 0.6 is 0 Å². The van der Waals surface area contributed by atoms with Gasteiger partial charge in [-0.2, -0.15) is 26.3 Å². The number of aliphatic hydroxyl groups is 1. The third-order valence-corrected chi connectivity index (χ3v) is 5.34. The van der Waals surface area contributed by atoms with Crippen molar-refractivity contribution in [1.29, 1.82) is 0 Å². The summed E-state index contributed by atoms with van der Waals surface area (Å²) in [5.74, 6) is -2.32. The summed E-state index contributed by atoms with van der Waals surface area (Å²) < 4.78 is 82.2. The highest BCUT2D eigenvalue weighted by molar-refractivity contribution is 6.13. The number of likely N-dealkylation sites (N-methyl/N-ethyl adjacent to an activating group) is 1. The number of Topliss-reactive ketones (excluding diaryl/α,β-unsaturated/α-hetero) is 1. The number of halogens is 6. The second-order valence-electron chi connectivity index (χ2n) is 7.06. The monoisotopic (exact) mass is 447 g/mol. The fraction of sp³-hybridized carbons (Fsp3) is 0.400. The number of fused-ring (bicyclic) bond motifs is 3. The SMILES string of the molecule is CCN(CC)CC1=CNc2c(cc(C(=O)C(F)(F)F)c3cccnc23)C1(O)C(F)(F)F. The predicted molar refractivity (Wildman–Crippen MR) is 102 cm³/mol. The summed E-state index contributed by atoms with van der Waals surface area (Å²) in [5.41, 5.74) is -6.61. The number of nitrogens with zero attached hydrogens (tertiary/aromatic N) is 2. The molecule has 0 aliphatic carbocycles. The lowest BCUT2D eigenvalue weighted by molar-refractivity contribution is -0.251. The topological polar surface area (TPSA) is 65.5 Å². The summed E-state index contributed by atoms with van der Waals surface area (Å²) in [6, 6.07) is 2.89. The van der Waals surface area contributed by atoms with E-state index in [0.29, 0.717) is 19.2 Å². The number of aromatic nitrogens is 1. The van der Waals surface area contributed by atoms with E-state index < -0.39 is 40.4 Å². The molecule has 2 heterocycles. The van der Waals surface area contributed by atoms with Crippen LogP contribution in [0.1, 0.15) is 29.8 Å². The van der Waals surface area contributed by atoms with Crippen LogP contribution < -0.4 is 5.32 Å². The Morgan fingerprint density at radius 2 is 1.84 bits per heavy atom. The zero-order chi connectivity index (χ0) is 23.2. The van der Waals surface area contributed by atoms with Gasteiger partial charge in [-0.05, 0) is 25.2 Å². The zero-order valence-electron chi connectivity index (χ0n) is 16.5. The molecule has 3 rings (SSSR count). The van der Waals surface area contributed by atoms with Crippen molar-refractivity contribution in [1.82, 2.24) is 9.88 Å². The van der Waals surface area contributed by atoms with Gasteiger partial charge in [0.1, 0.15) is 0 Å². The van der Waals surface area contributed by atoms with Crippen molar-refractivity contribution in [2.24, 2.45) is 0 Å². The van der Waals surface area contributed by atoms with E-state index in [9.17, 15) is 36.2 Å². The molecule has 31 heavy (non-hydrogen) atoms. The summed E-state index contributed by atoms with van der Waals surface area (Å²) in [6.45, 7) is 3.91. The highest BCUT2D eigenvalue weighted by Gasteiger charge is 2.60. The molecule has 2 N–H and O–H groups in total. The molecule has 1 aromatic heterocycles. The second-order valence-corrected chi connectivity index (χ2v) is 7.06. The minimum Gasteiger partial charge on any atom is -0.372 e. The molecule has 1 aromatic carbocycles. The number of carbonyl (C=O) groups is 1. The van der Waals surface area contributed by atoms with Gasteiger partial charge in [-0.25, -0.2) is 0 Å². The molecule has 0 spiro atoms. The first kappa shape index (κ1) is 23.0. The van der Waals surface area contributed by atoms with Crippen molar-refractivity contribution < 1.29 is 36.2 Å². The minimum absolute atomic E-state index is 0.277. The Labute approximate surface area is 173 Å². The number of hydrogen-bond acceptors (Lipinski definition) is 5. The normalized spacial score (nSPS) is 19.2. The average Bonchev–Trinajstić information content (AvgIpc) is 2.70. The van der Waals surface area contributed by atoms with E-state index in [1.54, 1.807) is 18.7 Å². The quantitative estimate of drug-likeness (QED) is 0.526. The first-order valence-corrected chi connectivity index (χ1v) is 9.37. The van der Waals surface area contributed by atoms with Gasteiger partial charge in [0, 0.05) is 41.0 Å². The van der Waals surface area contributed by atoms with Gasteiger partial charge in [-0.3, -0.25) is 14.7 Å². The maximum atomic E-state index is 14.2. The smallest absolute Gasteiger partial charge is 0.372 e. The van der Waals surface area contributed by atoms with Crippen molar-refractivity contribution in [3.8, 4) is 0 Å². The molecular formula is C20H19F6N3O2. The number of anilines is 1. The first-order valence-electron chi connectivity index (χ1n) is 9.37. The van der Waals surface area contributed by atoms with Crippen LogP contribution in [-0.4, -0.2) is 52.8 Å². The second kappa shape index (κ2) is 7.79. The number of ketones is 1.